The molecular weight excluding hydrogens is 356 g/mol. The molecule has 28 heavy (non-hydrogen) atoms. The van der Waals surface area contributed by atoms with Crippen LogP contribution in [0.3, 0.4) is 0 Å². The second kappa shape index (κ2) is 5.20. The molecule has 3 N–H and O–H groups in total. The molecule has 6 aromatic rings. The number of hydrogen-bond acceptors (Lipinski definition) is 4. The first-order valence-corrected chi connectivity index (χ1v) is 8.73. The molecule has 0 fully saturated rings. The lowest BCUT2D eigenvalue weighted by atomic mass is 10.0. The van der Waals surface area contributed by atoms with Gasteiger partial charge in [-0.05, 0) is 29.7 Å². The van der Waals surface area contributed by atoms with Crippen LogP contribution < -0.4 is 11.0 Å². The zero-order valence-electron chi connectivity index (χ0n) is 14.4. The van der Waals surface area contributed by atoms with E-state index in [4.69, 9.17) is 4.42 Å². The van der Waals surface area contributed by atoms with Crippen molar-refractivity contribution in [3.63, 3.8) is 0 Å². The number of furan rings is 1. The average Bonchev–Trinajstić information content (AvgIpc) is 3.29. The van der Waals surface area contributed by atoms with E-state index in [1.54, 1.807) is 12.3 Å². The van der Waals surface area contributed by atoms with Gasteiger partial charge < -0.3 is 14.5 Å². The molecule has 134 valence electrons. The molecule has 0 aliphatic rings. The molecule has 0 bridgehead atoms. The highest BCUT2D eigenvalue weighted by Gasteiger charge is 2.21. The molecule has 0 saturated carbocycles. The molecule has 0 amide bonds. The van der Waals surface area contributed by atoms with Crippen LogP contribution in [0.5, 0.6) is 0 Å². The smallest absolute Gasteiger partial charge is 0.256 e. The van der Waals surface area contributed by atoms with E-state index in [1.165, 1.54) is 12.1 Å². The Morgan fingerprint density at radius 2 is 1.86 bits per heavy atom. The predicted molar refractivity (Wildman–Crippen MR) is 108 cm³/mol. The van der Waals surface area contributed by atoms with Crippen molar-refractivity contribution in [3.05, 3.63) is 75.3 Å². The molecule has 2 aromatic carbocycles. The van der Waals surface area contributed by atoms with Crippen molar-refractivity contribution < 1.29 is 4.42 Å². The fourth-order valence-corrected chi connectivity index (χ4v) is 3.77. The minimum atomic E-state index is -0.223. The Balaban J connectivity index is 1.84. The molecule has 6 rings (SSSR count). The number of nitrogens with one attached hydrogen (secondary N) is 3. The van der Waals surface area contributed by atoms with Crippen molar-refractivity contribution in [1.29, 1.82) is 0 Å². The van der Waals surface area contributed by atoms with Crippen molar-refractivity contribution in [2.75, 3.05) is 0 Å². The Bertz CT molecular complexity index is 1670. The third-order valence-corrected chi connectivity index (χ3v) is 5.04. The van der Waals surface area contributed by atoms with Crippen molar-refractivity contribution >= 4 is 44.0 Å². The number of aromatic amines is 3. The summed E-state index contributed by atoms with van der Waals surface area (Å²) in [6.07, 6.45) is 1.75. The van der Waals surface area contributed by atoms with Gasteiger partial charge in [0.1, 0.15) is 11.1 Å². The minimum Gasteiger partial charge on any atom is -0.454 e. The van der Waals surface area contributed by atoms with Crippen molar-refractivity contribution in [2.24, 2.45) is 0 Å². The van der Waals surface area contributed by atoms with Crippen LogP contribution in [0, 0.1) is 0 Å². The quantitative estimate of drug-likeness (QED) is 0.412. The molecule has 4 aromatic heterocycles. The van der Waals surface area contributed by atoms with Gasteiger partial charge in [0.05, 0.1) is 5.56 Å². The lowest BCUT2D eigenvalue weighted by molar-refractivity contribution is 0.669. The first-order valence-electron chi connectivity index (χ1n) is 8.73. The predicted octanol–water partition coefficient (Wildman–Crippen LogP) is 3.66. The molecule has 0 saturated heterocycles. The Kier molecular flexibility index (Phi) is 2.78. The summed E-state index contributed by atoms with van der Waals surface area (Å²) in [6.45, 7) is 0. The molecule has 0 spiro atoms. The number of pyridine rings is 2. The fourth-order valence-electron chi connectivity index (χ4n) is 3.77. The summed E-state index contributed by atoms with van der Waals surface area (Å²) in [6, 6.07) is 14.1. The van der Waals surface area contributed by atoms with E-state index >= 15 is 0 Å². The van der Waals surface area contributed by atoms with Gasteiger partial charge >= 0.3 is 0 Å². The van der Waals surface area contributed by atoms with E-state index in [0.717, 1.165) is 21.7 Å². The molecule has 0 aliphatic carbocycles. The maximum Gasteiger partial charge on any atom is 0.256 e. The van der Waals surface area contributed by atoms with Crippen molar-refractivity contribution in [3.8, 4) is 11.1 Å². The Morgan fingerprint density at radius 1 is 0.964 bits per heavy atom. The zero-order chi connectivity index (χ0) is 18.8. The zero-order valence-corrected chi connectivity index (χ0v) is 14.4. The molecular formula is C21H12N4O3. The maximum absolute atomic E-state index is 12.9. The molecule has 4 heterocycles. The van der Waals surface area contributed by atoms with Crippen LogP contribution in [-0.4, -0.2) is 20.2 Å². The van der Waals surface area contributed by atoms with E-state index in [-0.39, 0.29) is 11.0 Å². The topological polar surface area (TPSA) is 108 Å². The molecule has 0 unspecified atom stereocenters. The highest BCUT2D eigenvalue weighted by Crippen LogP contribution is 2.37. The number of hydrogen-bond donors (Lipinski definition) is 3. The molecule has 0 atom stereocenters. The number of nitrogens with zero attached hydrogens (tertiary/aromatic N) is 1. The lowest BCUT2D eigenvalue weighted by Gasteiger charge is -2.06. The fraction of sp³-hybridized carbons (Fsp3) is 0. The van der Waals surface area contributed by atoms with Gasteiger partial charge in [0, 0.05) is 34.1 Å². The van der Waals surface area contributed by atoms with E-state index in [0.29, 0.717) is 33.5 Å². The van der Waals surface area contributed by atoms with Crippen LogP contribution in [0.15, 0.2) is 68.7 Å². The van der Waals surface area contributed by atoms with E-state index in [2.05, 4.69) is 20.2 Å². The Hall–Kier alpha value is -4.13. The number of fused-ring (bicyclic) bond motifs is 5. The Morgan fingerprint density at radius 3 is 2.79 bits per heavy atom. The number of benzene rings is 2. The van der Waals surface area contributed by atoms with Crippen LogP contribution in [-0.2, 0) is 0 Å². The molecule has 7 nitrogen and oxygen atoms in total. The van der Waals surface area contributed by atoms with Gasteiger partial charge in [0.25, 0.3) is 5.56 Å². The summed E-state index contributed by atoms with van der Waals surface area (Å²) in [5, 5.41) is 8.30. The van der Waals surface area contributed by atoms with Gasteiger partial charge in [-0.2, -0.15) is 0 Å². The number of aromatic nitrogens is 4. The summed E-state index contributed by atoms with van der Waals surface area (Å²) in [5.41, 5.74) is 3.63. The highest BCUT2D eigenvalue weighted by molar-refractivity contribution is 6.14. The van der Waals surface area contributed by atoms with Gasteiger partial charge in [-0.15, -0.1) is 0 Å². The van der Waals surface area contributed by atoms with E-state index in [1.807, 2.05) is 30.3 Å². The van der Waals surface area contributed by atoms with Crippen LogP contribution in [0.2, 0.25) is 0 Å². The lowest BCUT2D eigenvalue weighted by Crippen LogP contribution is -2.09. The normalized spacial score (nSPS) is 11.9. The van der Waals surface area contributed by atoms with Crippen LogP contribution in [0.4, 0.5) is 0 Å². The molecule has 7 heteroatoms. The van der Waals surface area contributed by atoms with Crippen molar-refractivity contribution in [1.82, 2.24) is 20.2 Å². The standard InChI is InChI=1S/C21H12N4O3/c26-11-5-6-12-16(8-11)28-19-17(14-9-22-25-20(14)24-18(12)19)13-7-10-3-1-2-4-15(10)23-21(13)27/h1-9H,(H,23,27)(H2,22,24,25). The first kappa shape index (κ1) is 15.0. The van der Waals surface area contributed by atoms with E-state index < -0.39 is 0 Å². The number of para-hydroxylation sites is 1. The highest BCUT2D eigenvalue weighted by atomic mass is 16.3. The number of rotatable bonds is 1. The van der Waals surface area contributed by atoms with Gasteiger partial charge in [-0.3, -0.25) is 14.7 Å². The summed E-state index contributed by atoms with van der Waals surface area (Å²) in [7, 11) is 0. The van der Waals surface area contributed by atoms with Gasteiger partial charge in [0.15, 0.2) is 16.7 Å². The summed E-state index contributed by atoms with van der Waals surface area (Å²) < 4.78 is 6.02. The molecule has 0 radical (unpaired) electrons. The van der Waals surface area contributed by atoms with Crippen LogP contribution >= 0.6 is 0 Å². The molecule has 0 aliphatic heterocycles. The summed E-state index contributed by atoms with van der Waals surface area (Å²) >= 11 is 0. The van der Waals surface area contributed by atoms with Crippen LogP contribution in [0.25, 0.3) is 55.1 Å². The van der Waals surface area contributed by atoms with Gasteiger partial charge in [-0.25, -0.2) is 4.98 Å². The second-order valence-electron chi connectivity index (χ2n) is 6.70. The monoisotopic (exact) mass is 368 g/mol. The van der Waals surface area contributed by atoms with Gasteiger partial charge in [-0.1, -0.05) is 18.2 Å². The number of H-pyrrole nitrogens is 3. The first-order chi connectivity index (χ1) is 13.7. The largest absolute Gasteiger partial charge is 0.454 e. The SMILES string of the molecule is O=c1ccc2c(c1)oc1c(-c3cc4ccccc4[nH]c3=O)c3c[nH][nH]c3nc12. The third kappa shape index (κ3) is 1.95. The van der Waals surface area contributed by atoms with Crippen LogP contribution in [0.1, 0.15) is 0 Å². The Labute approximate surface area is 155 Å². The van der Waals surface area contributed by atoms with Gasteiger partial charge in [0.2, 0.25) is 0 Å². The average molecular weight is 368 g/mol. The van der Waals surface area contributed by atoms with E-state index in [9.17, 15) is 9.59 Å². The maximum atomic E-state index is 12.9. The summed E-state index contributed by atoms with van der Waals surface area (Å²) in [4.78, 5) is 32.2. The second-order valence-corrected chi connectivity index (χ2v) is 6.70. The summed E-state index contributed by atoms with van der Waals surface area (Å²) in [5.74, 6) is 0. The third-order valence-electron chi connectivity index (χ3n) is 5.04. The minimum absolute atomic E-state index is 0.143. The van der Waals surface area contributed by atoms with Crippen molar-refractivity contribution in [2.45, 2.75) is 0 Å².